The fraction of sp³-hybridized carbons (Fsp3) is 1.00. The fourth-order valence-corrected chi connectivity index (χ4v) is 3.66. The van der Waals surface area contributed by atoms with Crippen molar-refractivity contribution < 1.29 is 7.80 Å². The summed E-state index contributed by atoms with van der Waals surface area (Å²) >= 11 is 2.03. The molecule has 3 nitrogen and oxygen atoms in total. The van der Waals surface area contributed by atoms with Crippen LogP contribution >= 0.6 is 23.0 Å². The zero-order valence-corrected chi connectivity index (χ0v) is 11.1. The van der Waals surface area contributed by atoms with E-state index in [2.05, 4.69) is 4.90 Å². The van der Waals surface area contributed by atoms with Crippen molar-refractivity contribution in [1.29, 1.82) is 0 Å². The van der Waals surface area contributed by atoms with Gasteiger partial charge in [-0.3, -0.25) is 4.90 Å². The second-order valence-electron chi connectivity index (χ2n) is 5.35. The third-order valence-corrected chi connectivity index (χ3v) is 4.54. The number of ether oxygens (including phenoxy) is 1. The molecule has 0 aromatic rings. The van der Waals surface area contributed by atoms with Crippen LogP contribution in [0.5, 0.6) is 0 Å². The minimum atomic E-state index is 0.499. The maximum absolute atomic E-state index is 5.61. The van der Waals surface area contributed by atoms with Gasteiger partial charge >= 0.3 is 0 Å². The van der Waals surface area contributed by atoms with Crippen molar-refractivity contribution in [3.8, 4) is 0 Å². The summed E-state index contributed by atoms with van der Waals surface area (Å²) in [7, 11) is 0. The van der Waals surface area contributed by atoms with Gasteiger partial charge in [0.15, 0.2) is 0 Å². The molecular formula is C11H18INO2. The number of halogens is 1. The Bertz CT molecular complexity index is 229. The second-order valence-corrected chi connectivity index (χ2v) is 5.97. The Morgan fingerprint density at radius 1 is 1.27 bits per heavy atom. The molecule has 0 amide bonds. The van der Waals surface area contributed by atoms with Gasteiger partial charge in [-0.05, 0) is 25.7 Å². The first-order valence-corrected chi connectivity index (χ1v) is 6.78. The van der Waals surface area contributed by atoms with Crippen molar-refractivity contribution in [2.24, 2.45) is 5.41 Å². The minimum Gasteiger partial charge on any atom is -0.378 e. The van der Waals surface area contributed by atoms with E-state index in [-0.39, 0.29) is 0 Å². The van der Waals surface area contributed by atoms with Crippen molar-refractivity contribution in [1.82, 2.24) is 4.90 Å². The average molecular weight is 323 g/mol. The lowest BCUT2D eigenvalue weighted by Gasteiger charge is -2.37. The summed E-state index contributed by atoms with van der Waals surface area (Å²) in [5.74, 6) is 0. The van der Waals surface area contributed by atoms with Crippen molar-refractivity contribution >= 4 is 23.0 Å². The zero-order chi connectivity index (χ0) is 10.3. The fourth-order valence-electron chi connectivity index (χ4n) is 3.00. The van der Waals surface area contributed by atoms with E-state index in [1.54, 1.807) is 0 Å². The largest absolute Gasteiger partial charge is 0.378 e. The van der Waals surface area contributed by atoms with E-state index in [0.717, 1.165) is 19.8 Å². The van der Waals surface area contributed by atoms with E-state index in [0.29, 0.717) is 17.5 Å². The quantitative estimate of drug-likeness (QED) is 0.739. The molecule has 1 saturated carbocycles. The first-order chi connectivity index (χ1) is 7.33. The van der Waals surface area contributed by atoms with Crippen molar-refractivity contribution in [3.63, 3.8) is 0 Å². The molecule has 2 bridgehead atoms. The van der Waals surface area contributed by atoms with Gasteiger partial charge in [0.1, 0.15) is 23.0 Å². The molecule has 1 aliphatic carbocycles. The van der Waals surface area contributed by atoms with Crippen LogP contribution in [0.15, 0.2) is 0 Å². The van der Waals surface area contributed by atoms with Crippen LogP contribution in [0.25, 0.3) is 0 Å². The Morgan fingerprint density at radius 3 is 2.47 bits per heavy atom. The molecule has 15 heavy (non-hydrogen) atoms. The van der Waals surface area contributed by atoms with Crippen LogP contribution in [0.4, 0.5) is 0 Å². The van der Waals surface area contributed by atoms with Gasteiger partial charge < -0.3 is 7.80 Å². The smallest absolute Gasteiger partial charge is 0.109 e. The van der Waals surface area contributed by atoms with E-state index in [9.17, 15) is 0 Å². The minimum absolute atomic E-state index is 0.499. The highest BCUT2D eigenvalue weighted by atomic mass is 127. The summed E-state index contributed by atoms with van der Waals surface area (Å²) in [6.07, 6.45) is 5.39. The Kier molecular flexibility index (Phi) is 2.96. The van der Waals surface area contributed by atoms with E-state index in [1.165, 1.54) is 32.2 Å². The number of morpholine rings is 1. The molecule has 4 heteroatoms. The predicted molar refractivity (Wildman–Crippen MR) is 66.0 cm³/mol. The van der Waals surface area contributed by atoms with E-state index in [1.807, 2.05) is 23.0 Å². The van der Waals surface area contributed by atoms with E-state index >= 15 is 0 Å². The molecular weight excluding hydrogens is 305 g/mol. The topological polar surface area (TPSA) is 21.7 Å². The molecule has 2 atom stereocenters. The van der Waals surface area contributed by atoms with Crippen LogP contribution in [0.3, 0.4) is 0 Å². The normalized spacial score (nSPS) is 38.2. The van der Waals surface area contributed by atoms with Gasteiger partial charge in [0, 0.05) is 24.0 Å². The third-order valence-electron chi connectivity index (χ3n) is 4.23. The maximum atomic E-state index is 5.61. The molecule has 3 fully saturated rings. The molecule has 0 N–H and O–H groups in total. The lowest BCUT2D eigenvalue weighted by atomic mass is 10.1. The van der Waals surface area contributed by atoms with Crippen molar-refractivity contribution in [2.45, 2.75) is 37.8 Å². The van der Waals surface area contributed by atoms with Crippen LogP contribution in [0.1, 0.15) is 25.7 Å². The Labute approximate surface area is 105 Å². The number of hydrogen-bond donors (Lipinski definition) is 0. The van der Waals surface area contributed by atoms with Gasteiger partial charge in [0.2, 0.25) is 0 Å². The highest BCUT2D eigenvalue weighted by Crippen LogP contribution is 2.48. The number of fused-ring (bicyclic) bond motifs is 2. The number of rotatable bonds is 4. The Hall–Kier alpha value is 0.610. The average Bonchev–Trinajstić information content (AvgIpc) is 2.94. The summed E-state index contributed by atoms with van der Waals surface area (Å²) in [6.45, 7) is 4.09. The predicted octanol–water partition coefficient (Wildman–Crippen LogP) is 2.00. The van der Waals surface area contributed by atoms with Gasteiger partial charge in [-0.2, -0.15) is 0 Å². The SMILES string of the molecule is IOCC1(CN2C3CCC2COC3)CC1. The van der Waals surface area contributed by atoms with Crippen molar-refractivity contribution in [3.05, 3.63) is 0 Å². The van der Waals surface area contributed by atoms with Crippen LogP contribution in [-0.4, -0.2) is 43.3 Å². The maximum Gasteiger partial charge on any atom is 0.109 e. The zero-order valence-electron chi connectivity index (χ0n) is 8.95. The molecule has 2 aliphatic heterocycles. The summed E-state index contributed by atoms with van der Waals surface area (Å²) in [4.78, 5) is 2.70. The molecule has 0 radical (unpaired) electrons. The highest BCUT2D eigenvalue weighted by molar-refractivity contribution is 14.1. The number of nitrogens with zero attached hydrogens (tertiary/aromatic N) is 1. The van der Waals surface area contributed by atoms with Crippen molar-refractivity contribution in [2.75, 3.05) is 26.4 Å². The highest BCUT2D eigenvalue weighted by Gasteiger charge is 2.48. The van der Waals surface area contributed by atoms with E-state index < -0.39 is 0 Å². The van der Waals surface area contributed by atoms with Crippen LogP contribution < -0.4 is 0 Å². The standard InChI is InChI=1S/C11H18INO2/c12-15-8-11(3-4-11)7-13-9-1-2-10(13)6-14-5-9/h9-10H,1-8H2. The Morgan fingerprint density at radius 2 is 1.93 bits per heavy atom. The first-order valence-electron chi connectivity index (χ1n) is 5.90. The molecule has 2 unspecified atom stereocenters. The summed E-state index contributed by atoms with van der Waals surface area (Å²) in [6, 6.07) is 1.41. The lowest BCUT2D eigenvalue weighted by Crippen LogP contribution is -2.48. The van der Waals surface area contributed by atoms with Gasteiger partial charge in [0.05, 0.1) is 19.8 Å². The Balaban J connectivity index is 1.63. The second kappa shape index (κ2) is 4.13. The molecule has 3 rings (SSSR count). The van der Waals surface area contributed by atoms with E-state index in [4.69, 9.17) is 7.80 Å². The summed E-state index contributed by atoms with van der Waals surface area (Å²) < 4.78 is 10.9. The van der Waals surface area contributed by atoms with Gasteiger partial charge in [0.25, 0.3) is 0 Å². The summed E-state index contributed by atoms with van der Waals surface area (Å²) in [5, 5.41) is 0. The molecule has 2 heterocycles. The van der Waals surface area contributed by atoms with Gasteiger partial charge in [-0.25, -0.2) is 0 Å². The van der Waals surface area contributed by atoms with Crippen LogP contribution in [0.2, 0.25) is 0 Å². The molecule has 0 aromatic carbocycles. The molecule has 2 saturated heterocycles. The van der Waals surface area contributed by atoms with Crippen LogP contribution in [0, 0.1) is 5.41 Å². The molecule has 3 aliphatic rings. The number of hydrogen-bond acceptors (Lipinski definition) is 3. The molecule has 0 spiro atoms. The molecule has 86 valence electrons. The van der Waals surface area contributed by atoms with Gasteiger partial charge in [-0.1, -0.05) is 0 Å². The lowest BCUT2D eigenvalue weighted by molar-refractivity contribution is -0.0258. The van der Waals surface area contributed by atoms with Gasteiger partial charge in [-0.15, -0.1) is 0 Å². The summed E-state index contributed by atoms with van der Waals surface area (Å²) in [5.41, 5.74) is 0.499. The van der Waals surface area contributed by atoms with Crippen LogP contribution in [-0.2, 0) is 7.80 Å². The molecule has 0 aromatic heterocycles. The first kappa shape index (κ1) is 10.7. The monoisotopic (exact) mass is 323 g/mol. The third kappa shape index (κ3) is 2.06.